The number of ether oxygens (including phenoxy) is 2. The topological polar surface area (TPSA) is 582 Å². The van der Waals surface area contributed by atoms with Crippen molar-refractivity contribution in [2.24, 2.45) is 20.4 Å². The van der Waals surface area contributed by atoms with Crippen LogP contribution >= 0.6 is 45.3 Å². The van der Waals surface area contributed by atoms with Gasteiger partial charge in [0.25, 0.3) is 20.4 Å². The average Bonchev–Trinajstić information content (AvgIpc) is 1.63. The molecule has 1 atom stereocenters. The summed E-state index contributed by atoms with van der Waals surface area (Å²) in [5, 5.41) is 53.7. The Morgan fingerprint density at radius 3 is 1.14 bits per heavy atom. The van der Waals surface area contributed by atoms with Gasteiger partial charge in [0.1, 0.15) is 25.6 Å². The molecule has 49 heteroatoms. The van der Waals surface area contributed by atoms with Crippen molar-refractivity contribution in [1.29, 1.82) is 0 Å². The zero-order valence-electron chi connectivity index (χ0n) is 73.3. The summed E-state index contributed by atoms with van der Waals surface area (Å²) in [5.41, 5.74) is 17.0. The summed E-state index contributed by atoms with van der Waals surface area (Å²) in [7, 11) is -16.1. The van der Waals surface area contributed by atoms with E-state index in [-0.39, 0.29) is 54.7 Å². The number of carbonyl (C=O) groups excluding carboxylic acids is 1. The molecule has 10 N–H and O–H groups in total. The predicted octanol–water partition coefficient (Wildman–Crippen LogP) is 10.9. The number of aromatic nitrogens is 13. The Morgan fingerprint density at radius 2 is 0.785 bits per heavy atom. The number of amides is 1. The first-order valence-corrected chi connectivity index (χ1v) is 51.6. The van der Waals surface area contributed by atoms with Crippen molar-refractivity contribution in [3.63, 3.8) is 0 Å². The number of nitrogens with two attached hydrogens (primary N) is 3. The molecule has 0 spiro atoms. The third-order valence-corrected chi connectivity index (χ3v) is 26.9. The Balaban J connectivity index is 0.000000145. The number of anilines is 1. The molecule has 40 nitrogen and oxygen atoms in total. The van der Waals surface area contributed by atoms with Gasteiger partial charge in [-0.3, -0.25) is 0 Å². The summed E-state index contributed by atoms with van der Waals surface area (Å²) >= 11 is 5.95. The summed E-state index contributed by atoms with van der Waals surface area (Å²) in [6.07, 6.45) is 2.69. The van der Waals surface area contributed by atoms with Gasteiger partial charge in [-0.05, 0) is 114 Å². The van der Waals surface area contributed by atoms with Gasteiger partial charge in [-0.2, -0.15) is 39.4 Å². The van der Waals surface area contributed by atoms with Gasteiger partial charge in [0.2, 0.25) is 47.1 Å². The molecule has 9 heterocycles. The van der Waals surface area contributed by atoms with Gasteiger partial charge in [0, 0.05) is 43.8 Å². The summed E-state index contributed by atoms with van der Waals surface area (Å²) in [6, 6.07) is 67.8. The molecule has 0 saturated heterocycles. The molecule has 8 aromatic carbocycles. The van der Waals surface area contributed by atoms with E-state index >= 15 is 0 Å². The second kappa shape index (κ2) is 43.1. The van der Waals surface area contributed by atoms with Gasteiger partial charge in [-0.25, -0.2) is 48.1 Å². The molecule has 0 bridgehead atoms. The Kier molecular flexibility index (Phi) is 31.7. The highest BCUT2D eigenvalue weighted by molar-refractivity contribution is 7.91. The lowest BCUT2D eigenvalue weighted by atomic mass is 10.1. The van der Waals surface area contributed by atoms with Gasteiger partial charge >= 0.3 is 26.5 Å². The third kappa shape index (κ3) is 29.4. The number of fused-ring (bicyclic) bond motifs is 4. The zero-order chi connectivity index (χ0) is 96.6. The number of rotatable bonds is 27. The maximum Gasteiger partial charge on any atom is 0.493 e. The zero-order valence-corrected chi connectivity index (χ0v) is 80.6. The summed E-state index contributed by atoms with van der Waals surface area (Å²) in [5.74, 6) is 1.55. The highest BCUT2D eigenvalue weighted by Crippen LogP contribution is 2.38. The van der Waals surface area contributed by atoms with Crippen molar-refractivity contribution in [1.82, 2.24) is 79.6 Å². The molecule has 0 aliphatic heterocycles. The first kappa shape index (κ1) is 99.4. The van der Waals surface area contributed by atoms with Gasteiger partial charge in [-0.15, -0.1) is 94.6 Å². The van der Waals surface area contributed by atoms with Crippen LogP contribution in [0.4, 0.5) is 10.5 Å². The molecule has 9 aromatic heterocycles. The minimum Gasteiger partial charge on any atom is -0.594 e. The number of thiazole rings is 4. The van der Waals surface area contributed by atoms with Crippen LogP contribution in [0.5, 0.6) is 0 Å². The van der Waals surface area contributed by atoms with Crippen molar-refractivity contribution in [2.75, 3.05) is 25.3 Å². The van der Waals surface area contributed by atoms with Crippen LogP contribution in [0.2, 0.25) is 0 Å². The van der Waals surface area contributed by atoms with Gasteiger partial charge in [-0.1, -0.05) is 175 Å². The number of nitrogens with zero attached hydrogens (tertiary/aromatic N) is 15. The third-order valence-electron chi connectivity index (χ3n) is 18.1. The summed E-state index contributed by atoms with van der Waals surface area (Å²) in [6.45, 7) is 9.23. The van der Waals surface area contributed by atoms with Gasteiger partial charge < -0.3 is 42.9 Å². The number of nitrogens with one attached hydrogen (secondary N) is 4. The molecule has 17 aromatic rings. The van der Waals surface area contributed by atoms with Crippen LogP contribution < -0.4 is 48.9 Å². The Morgan fingerprint density at radius 1 is 0.444 bits per heavy atom. The number of carbonyl (C=O) groups is 1. The maximum atomic E-state index is 12.5. The number of hydrogen-bond donors (Lipinski definition) is 7. The lowest BCUT2D eigenvalue weighted by Crippen LogP contribution is -2.43. The van der Waals surface area contributed by atoms with Crippen LogP contribution in [0, 0.1) is 0 Å². The normalized spacial score (nSPS) is 12.4. The molecule has 135 heavy (non-hydrogen) atoms. The quantitative estimate of drug-likeness (QED) is 0.0143. The molecule has 0 aliphatic rings. The van der Waals surface area contributed by atoms with Crippen molar-refractivity contribution >= 4 is 155 Å². The molecule has 17 rings (SSSR count). The van der Waals surface area contributed by atoms with Crippen LogP contribution in [0.25, 0.3) is 85.4 Å². The average molecular weight is 2010 g/mol. The molecule has 0 aliphatic carbocycles. The van der Waals surface area contributed by atoms with E-state index in [2.05, 4.69) is 141 Å². The fourth-order valence-electron chi connectivity index (χ4n) is 12.3. The van der Waals surface area contributed by atoms with Crippen LogP contribution in [-0.4, -0.2) is 147 Å². The van der Waals surface area contributed by atoms with Crippen LogP contribution in [0.15, 0.2) is 241 Å². The smallest absolute Gasteiger partial charge is 0.493 e. The lowest BCUT2D eigenvalue weighted by Gasteiger charge is -2.28. The number of pyridine rings is 1. The summed E-state index contributed by atoms with van der Waals surface area (Å²) < 4.78 is 164. The fourth-order valence-corrected chi connectivity index (χ4v) is 19.8. The lowest BCUT2D eigenvalue weighted by molar-refractivity contribution is -0.511. The standard InChI is InChI=1S/C22H23N5O5S2.C18H17N5O5S3.C17H15N5O3S2.C17H14N4OS.C12H19N3O4S/c1-22(2,3)32-21(28)27-34(29,30)23-13-19-26-25-18(31-19)12-20-24-16-10-9-15(11-17(16)33-20)14-7-5-4-6-8-14;1-30(24,25)16(17-23-22-15(28-17)10-20-31(19,26)27)18-21-13-8-7-12(9-14(13)29-18)11-5-3-2-4-6-11;18-27(23,24)19-10-16-22-21-15(25-16)9-17-20-13-7-6-12(8-14(13)26-17)11-4-2-1-3-5-11;18-10-16-21-20-15(22-16)9-17-19-13-7-6-12(8-14(13)23-17)11-4-2-1-3-5-11;1-12(2,3)19-11(16)13-20(17,18)15-8-6-10(7-9-15)14(4)5/h4-11,23H,12-13H2,1-3H3,(H,27,28);2-9,16,20H,10H2,1H3,(H2,19,26,27);1-8,19H,9-10H2,(H2,18,23,24);1-8H,9-10,18H2;6-9H,1-5H3. The number of sulfone groups is 1. The molecule has 0 fully saturated rings. The fraction of sp³-hybridized carbons (Fsp3) is 0.221. The molecule has 0 saturated carbocycles. The highest BCUT2D eigenvalue weighted by Gasteiger charge is 2.35. The predicted molar refractivity (Wildman–Crippen MR) is 509 cm³/mol. The maximum absolute atomic E-state index is 12.5. The van der Waals surface area contributed by atoms with Crippen molar-refractivity contribution in [2.45, 2.75) is 103 Å². The SMILES string of the molecule is CC(C)(C)OC(=O)NS(=O)(=O)NCc1nnc(Cc2nc3ccc(-c4ccccc4)cc3s2)o1.CN(C)c1cc[n+](S(=O)(=O)N=C([O-])OC(C)(C)C)cc1.CS(=O)(=O)C(c1nnc(CNS(N)(=O)=O)o1)c1nc2ccc(-c3ccccc3)cc2s1.NCc1nnc(Cc2nc3ccc(-c4ccccc4)cc3s2)o1.NS(=O)(=O)NCc1nnc(Cc2nc3ccc(-c4ccccc4)cc3s2)o1. The van der Waals surface area contributed by atoms with Crippen LogP contribution in [0.1, 0.15) is 114 Å². The van der Waals surface area contributed by atoms with Crippen molar-refractivity contribution < 1.29 is 83.1 Å². The first-order valence-electron chi connectivity index (χ1n) is 40.4. The van der Waals surface area contributed by atoms with E-state index in [0.717, 1.165) is 99.7 Å². The van der Waals surface area contributed by atoms with Gasteiger partial charge in [0.15, 0.2) is 33.6 Å². The van der Waals surface area contributed by atoms with Crippen LogP contribution in [-0.2, 0) is 106 Å². The molecule has 1 amide bonds. The monoisotopic (exact) mass is 2000 g/mol. The molecular formula is C86H88N22O18S9. The van der Waals surface area contributed by atoms with Crippen LogP contribution in [0.3, 0.4) is 0 Å². The minimum atomic E-state index is -4.16. The molecule has 704 valence electrons. The Bertz CT molecular complexity index is 7620. The van der Waals surface area contributed by atoms with E-state index < -0.39 is 79.3 Å². The van der Waals surface area contributed by atoms with Gasteiger partial charge in [0.05, 0.1) is 86.3 Å². The van der Waals surface area contributed by atoms with E-state index in [1.54, 1.807) is 81.1 Å². The number of benzene rings is 8. The van der Waals surface area contributed by atoms with Crippen molar-refractivity contribution in [3.05, 3.63) is 286 Å². The van der Waals surface area contributed by atoms with Crippen molar-refractivity contribution in [3.8, 4) is 44.5 Å². The highest BCUT2D eigenvalue weighted by atomic mass is 32.2. The molecule has 0 radical (unpaired) electrons. The Labute approximate surface area is 790 Å². The van der Waals surface area contributed by atoms with E-state index in [4.69, 9.17) is 43.2 Å². The minimum absolute atomic E-state index is 0.0528. The Hall–Kier alpha value is -13.1. The second-order valence-corrected chi connectivity index (χ2v) is 43.6. The first-order chi connectivity index (χ1) is 63.9. The number of hydrogen-bond acceptors (Lipinski definition) is 36. The van der Waals surface area contributed by atoms with E-state index in [9.17, 15) is 52.0 Å². The van der Waals surface area contributed by atoms with E-state index in [1.807, 2.05) is 151 Å². The summed E-state index contributed by atoms with van der Waals surface area (Å²) in [4.78, 5) is 31.8. The molecular weight excluding hydrogens is 1920 g/mol. The largest absolute Gasteiger partial charge is 0.594 e. The molecule has 1 unspecified atom stereocenters. The van der Waals surface area contributed by atoms with E-state index in [0.29, 0.717) is 48.3 Å². The second-order valence-electron chi connectivity index (χ2n) is 31.3. The van der Waals surface area contributed by atoms with E-state index in [1.165, 1.54) is 46.2 Å².